The number of ether oxygens (including phenoxy) is 2. The molecule has 0 bridgehead atoms. The molecule has 1 aromatic rings. The molecular formula is C17H20ClNO5. The van der Waals surface area contributed by atoms with E-state index in [0.29, 0.717) is 29.3 Å². The van der Waals surface area contributed by atoms with Crippen molar-refractivity contribution in [3.05, 3.63) is 28.8 Å². The quantitative estimate of drug-likeness (QED) is 0.627. The van der Waals surface area contributed by atoms with Crippen LogP contribution in [0.5, 0.6) is 5.75 Å². The Labute approximate surface area is 146 Å². The van der Waals surface area contributed by atoms with E-state index in [1.165, 1.54) is 6.07 Å². The molecule has 0 aromatic heterocycles. The van der Waals surface area contributed by atoms with Crippen molar-refractivity contribution >= 4 is 23.7 Å². The molecule has 0 saturated carbocycles. The average Bonchev–Trinajstić information content (AvgIpc) is 2.44. The van der Waals surface area contributed by atoms with Crippen LogP contribution in [0.25, 0.3) is 0 Å². The lowest BCUT2D eigenvalue weighted by Crippen LogP contribution is -2.32. The Morgan fingerprint density at radius 3 is 2.67 bits per heavy atom. The first-order valence-corrected chi connectivity index (χ1v) is 7.65. The molecular weight excluding hydrogens is 334 g/mol. The largest absolute Gasteiger partial charge is 0.481 e. The van der Waals surface area contributed by atoms with Gasteiger partial charge in [0.1, 0.15) is 11.4 Å². The number of rotatable bonds is 5. The lowest BCUT2D eigenvalue weighted by atomic mass is 10.2. The van der Waals surface area contributed by atoms with Gasteiger partial charge in [0.15, 0.2) is 6.61 Å². The summed E-state index contributed by atoms with van der Waals surface area (Å²) in [6.07, 6.45) is -0.0958. The molecule has 6 nitrogen and oxygen atoms in total. The number of aliphatic carboxylic acids is 1. The summed E-state index contributed by atoms with van der Waals surface area (Å²) >= 11 is 5.87. The topological polar surface area (TPSA) is 84.9 Å². The highest BCUT2D eigenvalue weighted by atomic mass is 35.5. The Hall–Kier alpha value is -2.39. The van der Waals surface area contributed by atoms with E-state index >= 15 is 0 Å². The van der Waals surface area contributed by atoms with Gasteiger partial charge in [-0.15, -0.1) is 0 Å². The molecule has 0 radical (unpaired) electrons. The van der Waals surface area contributed by atoms with Crippen LogP contribution in [-0.4, -0.2) is 35.9 Å². The maximum atomic E-state index is 11.5. The van der Waals surface area contributed by atoms with Crippen molar-refractivity contribution in [1.29, 1.82) is 0 Å². The minimum Gasteiger partial charge on any atom is -0.481 e. The molecule has 0 aliphatic rings. The van der Waals surface area contributed by atoms with Gasteiger partial charge in [-0.2, -0.15) is 0 Å². The van der Waals surface area contributed by atoms with E-state index in [0.717, 1.165) is 0 Å². The first-order chi connectivity index (χ1) is 11.2. The Bertz CT molecular complexity index is 655. The summed E-state index contributed by atoms with van der Waals surface area (Å²) in [5, 5.41) is 11.7. The number of halogens is 1. The van der Waals surface area contributed by atoms with Gasteiger partial charge >= 0.3 is 12.1 Å². The van der Waals surface area contributed by atoms with Crippen molar-refractivity contribution in [3.63, 3.8) is 0 Å². The Balaban J connectivity index is 2.56. The third-order valence-electron chi connectivity index (χ3n) is 2.44. The van der Waals surface area contributed by atoms with Gasteiger partial charge in [-0.25, -0.2) is 9.59 Å². The average molecular weight is 354 g/mol. The zero-order chi connectivity index (χ0) is 18.2. The smallest absolute Gasteiger partial charge is 0.407 e. The number of benzene rings is 1. The molecule has 1 amide bonds. The van der Waals surface area contributed by atoms with Crippen LogP contribution >= 0.6 is 11.6 Å². The molecule has 1 rings (SSSR count). The Morgan fingerprint density at radius 2 is 2.04 bits per heavy atom. The van der Waals surface area contributed by atoms with Gasteiger partial charge in [0, 0.05) is 24.1 Å². The minimum atomic E-state index is -1.09. The fraction of sp³-hybridized carbons (Fsp3) is 0.412. The Kier molecular flexibility index (Phi) is 7.40. The summed E-state index contributed by atoms with van der Waals surface area (Å²) in [4.78, 5) is 22.0. The third-order valence-corrected chi connectivity index (χ3v) is 2.67. The molecule has 1 aromatic carbocycles. The summed E-state index contributed by atoms with van der Waals surface area (Å²) in [7, 11) is 0. The Morgan fingerprint density at radius 1 is 1.33 bits per heavy atom. The van der Waals surface area contributed by atoms with Crippen LogP contribution in [0.15, 0.2) is 18.2 Å². The maximum absolute atomic E-state index is 11.5. The second-order valence-corrected chi connectivity index (χ2v) is 6.24. The molecule has 130 valence electrons. The summed E-state index contributed by atoms with van der Waals surface area (Å²) in [5.41, 5.74) is -0.0203. The second-order valence-electron chi connectivity index (χ2n) is 5.80. The van der Waals surface area contributed by atoms with Crippen molar-refractivity contribution < 1.29 is 24.2 Å². The zero-order valence-electron chi connectivity index (χ0n) is 13.8. The van der Waals surface area contributed by atoms with Crippen molar-refractivity contribution in [2.24, 2.45) is 0 Å². The van der Waals surface area contributed by atoms with Gasteiger partial charge in [0.05, 0.1) is 5.56 Å². The maximum Gasteiger partial charge on any atom is 0.407 e. The van der Waals surface area contributed by atoms with Crippen LogP contribution in [-0.2, 0) is 9.53 Å². The van der Waals surface area contributed by atoms with Crippen LogP contribution in [0.3, 0.4) is 0 Å². The summed E-state index contributed by atoms with van der Waals surface area (Å²) in [6.45, 7) is 5.21. The van der Waals surface area contributed by atoms with Crippen LogP contribution < -0.4 is 10.1 Å². The molecule has 24 heavy (non-hydrogen) atoms. The van der Waals surface area contributed by atoms with Crippen LogP contribution in [0, 0.1) is 11.8 Å². The van der Waals surface area contributed by atoms with Gasteiger partial charge in [0.25, 0.3) is 0 Å². The molecule has 0 saturated heterocycles. The van der Waals surface area contributed by atoms with Crippen LogP contribution in [0.4, 0.5) is 4.79 Å². The number of alkyl carbamates (subject to hydrolysis) is 1. The van der Waals surface area contributed by atoms with Gasteiger partial charge in [-0.3, -0.25) is 0 Å². The molecule has 0 aliphatic carbocycles. The molecule has 0 spiro atoms. The number of carbonyl (C=O) groups excluding carboxylic acids is 1. The summed E-state index contributed by atoms with van der Waals surface area (Å²) < 4.78 is 10.3. The highest BCUT2D eigenvalue weighted by molar-refractivity contribution is 6.30. The predicted molar refractivity (Wildman–Crippen MR) is 90.3 cm³/mol. The van der Waals surface area contributed by atoms with Gasteiger partial charge in [-0.05, 0) is 32.9 Å². The van der Waals surface area contributed by atoms with Gasteiger partial charge < -0.3 is 19.9 Å². The monoisotopic (exact) mass is 353 g/mol. The van der Waals surface area contributed by atoms with Crippen LogP contribution in [0.2, 0.25) is 5.02 Å². The first-order valence-electron chi connectivity index (χ1n) is 7.27. The third kappa shape index (κ3) is 8.30. The lowest BCUT2D eigenvalue weighted by molar-refractivity contribution is -0.139. The van der Waals surface area contributed by atoms with Crippen molar-refractivity contribution in [1.82, 2.24) is 5.32 Å². The van der Waals surface area contributed by atoms with Crippen molar-refractivity contribution in [3.8, 4) is 17.6 Å². The number of hydrogen-bond acceptors (Lipinski definition) is 4. The number of carboxylic acids is 1. The fourth-order valence-corrected chi connectivity index (χ4v) is 1.72. The van der Waals surface area contributed by atoms with E-state index in [1.54, 1.807) is 32.9 Å². The normalized spacial score (nSPS) is 10.3. The zero-order valence-corrected chi connectivity index (χ0v) is 14.6. The second kappa shape index (κ2) is 9.04. The highest BCUT2D eigenvalue weighted by Crippen LogP contribution is 2.22. The number of carboxylic acid groups (broad SMARTS) is 1. The fourth-order valence-electron chi connectivity index (χ4n) is 1.56. The lowest BCUT2D eigenvalue weighted by Gasteiger charge is -2.19. The highest BCUT2D eigenvalue weighted by Gasteiger charge is 2.15. The van der Waals surface area contributed by atoms with E-state index in [1.807, 2.05) is 0 Å². The summed E-state index contributed by atoms with van der Waals surface area (Å²) in [5.74, 6) is 4.96. The number of nitrogens with one attached hydrogen (secondary N) is 1. The molecule has 0 fully saturated rings. The van der Waals surface area contributed by atoms with Crippen molar-refractivity contribution in [2.45, 2.75) is 32.8 Å². The molecule has 7 heteroatoms. The van der Waals surface area contributed by atoms with E-state index in [4.69, 9.17) is 26.2 Å². The van der Waals surface area contributed by atoms with E-state index in [-0.39, 0.29) is 0 Å². The number of amides is 1. The van der Waals surface area contributed by atoms with Gasteiger partial charge in [0.2, 0.25) is 0 Å². The van der Waals surface area contributed by atoms with Crippen molar-refractivity contribution in [2.75, 3.05) is 13.2 Å². The summed E-state index contributed by atoms with van der Waals surface area (Å²) in [6, 6.07) is 4.79. The van der Waals surface area contributed by atoms with Crippen LogP contribution in [0.1, 0.15) is 32.8 Å². The minimum absolute atomic E-state index is 0.303. The number of hydrogen-bond donors (Lipinski definition) is 2. The molecule has 0 atom stereocenters. The van der Waals surface area contributed by atoms with Gasteiger partial charge in [-0.1, -0.05) is 23.4 Å². The molecule has 0 heterocycles. The predicted octanol–water partition coefficient (Wildman–Crippen LogP) is 3.07. The van der Waals surface area contributed by atoms with E-state index in [2.05, 4.69) is 17.2 Å². The van der Waals surface area contributed by atoms with E-state index in [9.17, 15) is 9.59 Å². The van der Waals surface area contributed by atoms with E-state index < -0.39 is 24.3 Å². The standard InChI is InChI=1S/C17H20ClNO5/c1-17(2,3)24-16(22)19-9-5-4-6-12-7-8-13(18)10-14(12)23-11-15(20)21/h7-8,10H,5,9,11H2,1-3H3,(H,19,22)(H,20,21). The molecule has 2 N–H and O–H groups in total. The number of carbonyl (C=O) groups is 2. The molecule has 0 aliphatic heterocycles. The molecule has 0 unspecified atom stereocenters. The first kappa shape index (κ1) is 19.7. The SMILES string of the molecule is CC(C)(C)OC(=O)NCCC#Cc1ccc(Cl)cc1OCC(=O)O.